The molecular formula is C62H65NS. The summed E-state index contributed by atoms with van der Waals surface area (Å²) >= 11 is 2.02. The molecule has 6 aliphatic carbocycles. The van der Waals surface area contributed by atoms with Gasteiger partial charge in [-0.15, -0.1) is 0 Å². The van der Waals surface area contributed by atoms with Crippen LogP contribution in [0.1, 0.15) is 140 Å². The zero-order valence-corrected chi connectivity index (χ0v) is 40.3. The molecule has 4 fully saturated rings. The number of anilines is 3. The number of benzene rings is 6. The summed E-state index contributed by atoms with van der Waals surface area (Å²) in [5.41, 5.74) is 19.7. The Morgan fingerprint density at radius 3 is 1.47 bits per heavy atom. The zero-order valence-electron chi connectivity index (χ0n) is 39.4. The molecule has 0 N–H and O–H groups in total. The van der Waals surface area contributed by atoms with E-state index in [4.69, 9.17) is 0 Å². The minimum Gasteiger partial charge on any atom is -0.310 e. The molecule has 2 heteroatoms. The molecule has 1 heterocycles. The van der Waals surface area contributed by atoms with Crippen molar-refractivity contribution in [2.45, 2.75) is 144 Å². The van der Waals surface area contributed by atoms with E-state index < -0.39 is 0 Å². The van der Waals surface area contributed by atoms with E-state index in [1.165, 1.54) is 123 Å². The van der Waals surface area contributed by atoms with Crippen molar-refractivity contribution in [2.75, 3.05) is 4.90 Å². The summed E-state index contributed by atoms with van der Waals surface area (Å²) in [6, 6.07) is 50.8. The summed E-state index contributed by atoms with van der Waals surface area (Å²) in [5, 5.41) is 0. The second-order valence-corrected chi connectivity index (χ2v) is 25.4. The van der Waals surface area contributed by atoms with Crippen molar-refractivity contribution in [1.82, 2.24) is 0 Å². The average Bonchev–Trinajstić information content (AvgIpc) is 3.83. The lowest BCUT2D eigenvalue weighted by Crippen LogP contribution is -2.74. The fourth-order valence-electron chi connectivity index (χ4n) is 15.8. The van der Waals surface area contributed by atoms with Gasteiger partial charge >= 0.3 is 0 Å². The van der Waals surface area contributed by atoms with Gasteiger partial charge in [-0.05, 0) is 206 Å². The molecule has 0 aromatic heterocycles. The van der Waals surface area contributed by atoms with E-state index in [0.29, 0.717) is 5.41 Å². The first-order valence-corrected chi connectivity index (χ1v) is 25.6. The van der Waals surface area contributed by atoms with Crippen LogP contribution in [0.4, 0.5) is 17.1 Å². The minimum absolute atomic E-state index is 0.127. The van der Waals surface area contributed by atoms with Crippen LogP contribution in [0.15, 0.2) is 137 Å². The highest BCUT2D eigenvalue weighted by Crippen LogP contribution is 2.89. The van der Waals surface area contributed by atoms with Crippen LogP contribution in [0.25, 0.3) is 22.3 Å². The number of hydrogen-bond acceptors (Lipinski definition) is 2. The first-order chi connectivity index (χ1) is 30.6. The first-order valence-electron chi connectivity index (χ1n) is 24.8. The third-order valence-electron chi connectivity index (χ3n) is 19.3. The maximum absolute atomic E-state index is 2.66. The van der Waals surface area contributed by atoms with Crippen molar-refractivity contribution in [2.24, 2.45) is 29.1 Å². The Kier molecular flexibility index (Phi) is 8.14. The SMILES string of the molecule is CC1(C)CCC(C)(C)c2cc(-c3ccc(N(c4ccc(-c5ccc6c(c5)C(C)(C)CCC6(C)C)cc4)c4ccc5c(c4)C4(c6ccccc6S5)C5CC6CC7CC4C75C6)cc3)ccc21. The molecule has 0 saturated heterocycles. The lowest BCUT2D eigenvalue weighted by atomic mass is 9.26. The highest BCUT2D eigenvalue weighted by Gasteiger charge is 2.84. The Morgan fingerprint density at radius 1 is 0.422 bits per heavy atom. The minimum atomic E-state index is 0.127. The summed E-state index contributed by atoms with van der Waals surface area (Å²) in [7, 11) is 0. The molecule has 6 aromatic carbocycles. The van der Waals surface area contributed by atoms with Crippen molar-refractivity contribution in [3.05, 3.63) is 161 Å². The van der Waals surface area contributed by atoms with Crippen molar-refractivity contribution in [3.8, 4) is 22.3 Å². The third kappa shape index (κ3) is 5.27. The van der Waals surface area contributed by atoms with Gasteiger partial charge in [-0.3, -0.25) is 0 Å². The Labute approximate surface area is 387 Å². The highest BCUT2D eigenvalue weighted by atomic mass is 32.2. The monoisotopic (exact) mass is 855 g/mol. The van der Waals surface area contributed by atoms with Crippen molar-refractivity contribution >= 4 is 28.8 Å². The van der Waals surface area contributed by atoms with E-state index in [-0.39, 0.29) is 27.1 Å². The molecule has 1 nitrogen and oxygen atoms in total. The maximum atomic E-state index is 2.66. The summed E-state index contributed by atoms with van der Waals surface area (Å²) < 4.78 is 0. The second-order valence-electron chi connectivity index (χ2n) is 24.3. The second kappa shape index (κ2) is 13.1. The highest BCUT2D eigenvalue weighted by molar-refractivity contribution is 7.99. The van der Waals surface area contributed by atoms with E-state index in [2.05, 4.69) is 188 Å². The summed E-state index contributed by atoms with van der Waals surface area (Å²) in [6.45, 7) is 19.5. The fourth-order valence-corrected chi connectivity index (χ4v) is 17.0. The van der Waals surface area contributed by atoms with Gasteiger partial charge in [-0.25, -0.2) is 0 Å². The smallest absolute Gasteiger partial charge is 0.0465 e. The molecule has 324 valence electrons. The van der Waals surface area contributed by atoms with Gasteiger partial charge in [-0.1, -0.05) is 146 Å². The number of hydrogen-bond donors (Lipinski definition) is 0. The Bertz CT molecular complexity index is 2790. The van der Waals surface area contributed by atoms with Gasteiger partial charge in [-0.2, -0.15) is 0 Å². The van der Waals surface area contributed by atoms with Gasteiger partial charge in [0, 0.05) is 32.3 Å². The molecule has 0 amide bonds. The van der Waals surface area contributed by atoms with Crippen LogP contribution in [0, 0.1) is 29.1 Å². The van der Waals surface area contributed by atoms with Crippen LogP contribution in [0.3, 0.4) is 0 Å². The number of nitrogens with zero attached hydrogens (tertiary/aromatic N) is 1. The first kappa shape index (κ1) is 39.8. The van der Waals surface area contributed by atoms with Crippen molar-refractivity contribution in [1.29, 1.82) is 0 Å². The van der Waals surface area contributed by atoms with Gasteiger partial charge in [0.05, 0.1) is 0 Å². The van der Waals surface area contributed by atoms with Gasteiger partial charge in [0.1, 0.15) is 0 Å². The fraction of sp³-hybridized carbons (Fsp3) is 0.419. The number of rotatable bonds is 5. The quantitative estimate of drug-likeness (QED) is 0.170. The van der Waals surface area contributed by atoms with Crippen LogP contribution in [-0.4, -0.2) is 0 Å². The van der Waals surface area contributed by atoms with Crippen LogP contribution in [-0.2, 0) is 27.1 Å². The van der Waals surface area contributed by atoms with Crippen LogP contribution in [0.2, 0.25) is 0 Å². The van der Waals surface area contributed by atoms with Crippen molar-refractivity contribution in [3.63, 3.8) is 0 Å². The topological polar surface area (TPSA) is 3.24 Å². The van der Waals surface area contributed by atoms with Crippen molar-refractivity contribution < 1.29 is 0 Å². The molecule has 6 aromatic rings. The van der Waals surface area contributed by atoms with Gasteiger partial charge < -0.3 is 4.90 Å². The lowest BCUT2D eigenvalue weighted by Gasteiger charge is -2.78. The standard InChI is InChI=1S/C62H65NS/c1-57(2)27-29-59(5,6)50-33-41(17-24-47(50)57)39-13-19-44(20-14-39)63(45-21-15-40(16-22-45)42-18-25-48-51(34-42)60(7,8)30-28-58(48,3)4)46-23-26-54-52(36-46)62(49-11-9-10-12-53(49)64-54)55-32-38-31-43-35-56(62)61(43,55)37-38/h9-26,33-34,36,38,43,55-56H,27-32,35,37H2,1-8H3. The molecule has 2 spiro atoms. The van der Waals surface area contributed by atoms with E-state index in [1.54, 1.807) is 11.1 Å². The van der Waals surface area contributed by atoms with E-state index in [9.17, 15) is 0 Å². The Hall–Kier alpha value is -4.53. The van der Waals surface area contributed by atoms with E-state index in [0.717, 1.165) is 23.7 Å². The van der Waals surface area contributed by atoms with Crippen LogP contribution in [0.5, 0.6) is 0 Å². The predicted molar refractivity (Wildman–Crippen MR) is 269 cm³/mol. The molecule has 13 rings (SSSR count). The summed E-state index contributed by atoms with van der Waals surface area (Å²) in [6.07, 6.45) is 10.7. The maximum Gasteiger partial charge on any atom is 0.0465 e. The van der Waals surface area contributed by atoms with Crippen LogP contribution < -0.4 is 4.90 Å². The van der Waals surface area contributed by atoms with Gasteiger partial charge in [0.15, 0.2) is 0 Å². The third-order valence-corrected chi connectivity index (χ3v) is 20.5. The zero-order chi connectivity index (χ0) is 43.8. The summed E-state index contributed by atoms with van der Waals surface area (Å²) in [4.78, 5) is 5.53. The van der Waals surface area contributed by atoms with E-state index >= 15 is 0 Å². The molecule has 0 radical (unpaired) electrons. The normalized spacial score (nSPS) is 29.6. The predicted octanol–water partition coefficient (Wildman–Crippen LogP) is 17.0. The van der Waals surface area contributed by atoms with E-state index in [1.807, 2.05) is 11.8 Å². The van der Waals surface area contributed by atoms with Gasteiger partial charge in [0.2, 0.25) is 0 Å². The average molecular weight is 856 g/mol. The molecule has 6 unspecified atom stereocenters. The number of fused-ring (bicyclic) bond motifs is 9. The molecule has 4 saturated carbocycles. The molecular weight excluding hydrogens is 791 g/mol. The Balaban J connectivity index is 0.926. The molecule has 1 aliphatic heterocycles. The largest absolute Gasteiger partial charge is 0.310 e. The van der Waals surface area contributed by atoms with Crippen LogP contribution >= 0.6 is 11.8 Å². The summed E-state index contributed by atoms with van der Waals surface area (Å²) in [5.74, 6) is 3.44. The Morgan fingerprint density at radius 2 is 0.906 bits per heavy atom. The molecule has 7 aliphatic rings. The lowest BCUT2D eigenvalue weighted by molar-refractivity contribution is -0.235. The molecule has 2 bridgehead atoms. The van der Waals surface area contributed by atoms with Gasteiger partial charge in [0.25, 0.3) is 0 Å². The molecule has 6 atom stereocenters. The molecule has 64 heavy (non-hydrogen) atoms.